The van der Waals surface area contributed by atoms with Gasteiger partial charge in [-0.3, -0.25) is 14.4 Å². The lowest BCUT2D eigenvalue weighted by Gasteiger charge is -2.26. The third-order valence-electron chi connectivity index (χ3n) is 4.71. The second kappa shape index (κ2) is 10.4. The third kappa shape index (κ3) is 6.85. The summed E-state index contributed by atoms with van der Waals surface area (Å²) in [5, 5.41) is 0. The minimum atomic E-state index is -3.11. The highest BCUT2D eigenvalue weighted by molar-refractivity contribution is 7.91. The Morgan fingerprint density at radius 3 is 2.34 bits per heavy atom. The van der Waals surface area contributed by atoms with Crippen molar-refractivity contribution in [2.24, 2.45) is 0 Å². The Morgan fingerprint density at radius 2 is 1.79 bits per heavy atom. The van der Waals surface area contributed by atoms with Crippen molar-refractivity contribution in [1.29, 1.82) is 0 Å². The largest absolute Gasteiger partial charge is 0.494 e. The molecule has 0 aliphatic carbocycles. The van der Waals surface area contributed by atoms with E-state index in [2.05, 4.69) is 0 Å². The van der Waals surface area contributed by atoms with Gasteiger partial charge in [-0.2, -0.15) is 0 Å². The number of nitrogens with zero attached hydrogens (tertiary/aromatic N) is 1. The highest BCUT2D eigenvalue weighted by Crippen LogP contribution is 2.18. The molecule has 2 rings (SSSR count). The summed E-state index contributed by atoms with van der Waals surface area (Å²) in [6, 6.07) is 6.28. The molecule has 1 aromatic rings. The van der Waals surface area contributed by atoms with Crippen LogP contribution in [0.5, 0.6) is 5.75 Å². The van der Waals surface area contributed by atoms with Crippen LogP contribution >= 0.6 is 0 Å². The maximum absolute atomic E-state index is 12.3. The molecule has 9 heteroatoms. The smallest absolute Gasteiger partial charge is 0.306 e. The van der Waals surface area contributed by atoms with Crippen LogP contribution in [0.4, 0.5) is 0 Å². The van der Waals surface area contributed by atoms with Crippen molar-refractivity contribution in [3.63, 3.8) is 0 Å². The van der Waals surface area contributed by atoms with E-state index in [-0.39, 0.29) is 36.2 Å². The van der Waals surface area contributed by atoms with Crippen molar-refractivity contribution in [2.75, 3.05) is 31.3 Å². The molecule has 1 aliphatic heterocycles. The average molecular weight is 426 g/mol. The summed E-state index contributed by atoms with van der Waals surface area (Å²) in [6.45, 7) is 4.03. The van der Waals surface area contributed by atoms with E-state index in [9.17, 15) is 22.8 Å². The zero-order valence-corrected chi connectivity index (χ0v) is 17.6. The molecule has 1 saturated heterocycles. The van der Waals surface area contributed by atoms with Gasteiger partial charge >= 0.3 is 5.97 Å². The van der Waals surface area contributed by atoms with Crippen LogP contribution in [0, 0.1) is 0 Å². The van der Waals surface area contributed by atoms with Crippen LogP contribution < -0.4 is 4.74 Å². The lowest BCUT2D eigenvalue weighted by atomic mass is 10.1. The number of ether oxygens (including phenoxy) is 2. The molecule has 0 aromatic heterocycles. The topological polar surface area (TPSA) is 107 Å². The highest BCUT2D eigenvalue weighted by Gasteiger charge is 2.34. The minimum Gasteiger partial charge on any atom is -0.494 e. The molecule has 0 bridgehead atoms. The molecule has 0 spiro atoms. The number of ketones is 1. The maximum Gasteiger partial charge on any atom is 0.306 e. The summed E-state index contributed by atoms with van der Waals surface area (Å²) in [6.07, 6.45) is 0.231. The second-order valence-electron chi connectivity index (χ2n) is 6.78. The lowest BCUT2D eigenvalue weighted by Crippen LogP contribution is -2.43. The Balaban J connectivity index is 1.77. The van der Waals surface area contributed by atoms with Gasteiger partial charge in [-0.1, -0.05) is 0 Å². The van der Waals surface area contributed by atoms with Crippen molar-refractivity contribution >= 4 is 27.5 Å². The lowest BCUT2D eigenvalue weighted by molar-refractivity contribution is -0.152. The van der Waals surface area contributed by atoms with E-state index in [1.54, 1.807) is 31.2 Å². The number of carbonyl (C=O) groups excluding carboxylic acids is 3. The third-order valence-corrected chi connectivity index (χ3v) is 6.46. The molecule has 8 nitrogen and oxygen atoms in total. The Labute approximate surface area is 171 Å². The number of benzene rings is 1. The molecule has 160 valence electrons. The SMILES string of the molecule is CCOc1ccc(C(=O)CCC(=O)OCC(=O)N(CC)C2CCS(=O)(=O)C2)cc1. The number of carbonyl (C=O) groups is 3. The fraction of sp³-hybridized carbons (Fsp3) is 0.550. The van der Waals surface area contributed by atoms with Gasteiger partial charge < -0.3 is 14.4 Å². The first kappa shape index (κ1) is 22.9. The molecule has 0 radical (unpaired) electrons. The van der Waals surface area contributed by atoms with Crippen LogP contribution in [0.25, 0.3) is 0 Å². The summed E-state index contributed by atoms with van der Waals surface area (Å²) in [5.74, 6) is -0.611. The van der Waals surface area contributed by atoms with Crippen molar-refractivity contribution in [1.82, 2.24) is 4.90 Å². The fourth-order valence-electron chi connectivity index (χ4n) is 3.22. The van der Waals surface area contributed by atoms with E-state index in [4.69, 9.17) is 9.47 Å². The highest BCUT2D eigenvalue weighted by atomic mass is 32.2. The summed E-state index contributed by atoms with van der Waals surface area (Å²) in [5.41, 5.74) is 0.469. The number of hydrogen-bond acceptors (Lipinski definition) is 7. The van der Waals surface area contributed by atoms with Gasteiger partial charge in [-0.05, 0) is 44.5 Å². The summed E-state index contributed by atoms with van der Waals surface area (Å²) in [4.78, 5) is 37.8. The molecule has 1 amide bonds. The molecule has 1 aliphatic rings. The van der Waals surface area contributed by atoms with Gasteiger partial charge in [0, 0.05) is 24.6 Å². The number of sulfone groups is 1. The van der Waals surface area contributed by atoms with Gasteiger partial charge in [-0.15, -0.1) is 0 Å². The Hall–Kier alpha value is -2.42. The van der Waals surface area contributed by atoms with Crippen LogP contribution in [-0.2, 0) is 24.2 Å². The first-order valence-corrected chi connectivity index (χ1v) is 11.5. The molecular weight excluding hydrogens is 398 g/mol. The van der Waals surface area contributed by atoms with Crippen molar-refractivity contribution < 1.29 is 32.3 Å². The maximum atomic E-state index is 12.3. The molecule has 1 atom stereocenters. The van der Waals surface area contributed by atoms with Crippen LogP contribution in [0.1, 0.15) is 43.5 Å². The van der Waals surface area contributed by atoms with Crippen LogP contribution in [-0.4, -0.2) is 68.3 Å². The van der Waals surface area contributed by atoms with Crippen LogP contribution in [0.15, 0.2) is 24.3 Å². The predicted molar refractivity (Wildman–Crippen MR) is 107 cm³/mol. The number of Topliss-reactive ketones (excluding diaryl/α,β-unsaturated/α-hetero) is 1. The first-order chi connectivity index (χ1) is 13.8. The molecule has 0 saturated carbocycles. The van der Waals surface area contributed by atoms with Gasteiger partial charge in [0.15, 0.2) is 22.2 Å². The van der Waals surface area contributed by atoms with Gasteiger partial charge in [0.05, 0.1) is 24.5 Å². The Morgan fingerprint density at radius 1 is 1.10 bits per heavy atom. The number of hydrogen-bond donors (Lipinski definition) is 0. The van der Waals surface area contributed by atoms with E-state index >= 15 is 0 Å². The number of rotatable bonds is 10. The van der Waals surface area contributed by atoms with Gasteiger partial charge in [-0.25, -0.2) is 8.42 Å². The zero-order chi connectivity index (χ0) is 21.4. The van der Waals surface area contributed by atoms with E-state index in [1.165, 1.54) is 4.90 Å². The van der Waals surface area contributed by atoms with E-state index in [0.717, 1.165) is 0 Å². The van der Waals surface area contributed by atoms with Gasteiger partial charge in [0.1, 0.15) is 5.75 Å². The molecule has 1 aromatic carbocycles. The number of amides is 1. The number of likely N-dealkylation sites (N-methyl/N-ethyl adjacent to an activating group) is 1. The number of esters is 1. The first-order valence-electron chi connectivity index (χ1n) is 9.67. The van der Waals surface area contributed by atoms with Crippen molar-refractivity contribution in [3.05, 3.63) is 29.8 Å². The van der Waals surface area contributed by atoms with E-state index in [1.807, 2.05) is 6.92 Å². The minimum absolute atomic E-state index is 0.0284. The fourth-order valence-corrected chi connectivity index (χ4v) is 4.95. The van der Waals surface area contributed by atoms with Crippen LogP contribution in [0.2, 0.25) is 0 Å². The Bertz CT molecular complexity index is 833. The monoisotopic (exact) mass is 425 g/mol. The summed E-state index contributed by atoms with van der Waals surface area (Å²) < 4.78 is 33.5. The summed E-state index contributed by atoms with van der Waals surface area (Å²) >= 11 is 0. The zero-order valence-electron chi connectivity index (χ0n) is 16.8. The van der Waals surface area contributed by atoms with Crippen molar-refractivity contribution in [2.45, 2.75) is 39.2 Å². The summed E-state index contributed by atoms with van der Waals surface area (Å²) in [7, 11) is -3.11. The Kier molecular flexibility index (Phi) is 8.19. The van der Waals surface area contributed by atoms with Gasteiger partial charge in [0.2, 0.25) is 0 Å². The molecule has 1 fully saturated rings. The normalized spacial score (nSPS) is 17.5. The molecule has 29 heavy (non-hydrogen) atoms. The predicted octanol–water partition coefficient (Wildman–Crippen LogP) is 1.63. The van der Waals surface area contributed by atoms with Crippen molar-refractivity contribution in [3.8, 4) is 5.75 Å². The standard InChI is InChI=1S/C20H27NO7S/c1-3-21(16-11-12-29(25,26)14-16)19(23)13-28-20(24)10-9-18(22)15-5-7-17(8-6-15)27-4-2/h5-8,16H,3-4,9-14H2,1-2H3. The van der Waals surface area contributed by atoms with Gasteiger partial charge in [0.25, 0.3) is 5.91 Å². The molecule has 1 heterocycles. The van der Waals surface area contributed by atoms with E-state index in [0.29, 0.717) is 30.9 Å². The quantitative estimate of drug-likeness (QED) is 0.414. The average Bonchev–Trinajstić information content (AvgIpc) is 3.05. The molecule has 0 N–H and O–H groups in total. The second-order valence-corrected chi connectivity index (χ2v) is 9.01. The van der Waals surface area contributed by atoms with E-state index < -0.39 is 28.3 Å². The molecular formula is C20H27NO7S. The van der Waals surface area contributed by atoms with Crippen LogP contribution in [0.3, 0.4) is 0 Å². The molecule has 1 unspecified atom stereocenters.